The van der Waals surface area contributed by atoms with Crippen LogP contribution in [0.25, 0.3) is 11.3 Å². The lowest BCUT2D eigenvalue weighted by Gasteiger charge is -2.01. The molecular weight excluding hydrogens is 220 g/mol. The number of phenolic OH excluding ortho intramolecular Hbond substituents is 1. The van der Waals surface area contributed by atoms with Crippen LogP contribution in [-0.4, -0.2) is 26.0 Å². The molecule has 1 aromatic heterocycles. The Labute approximate surface area is 97.9 Å². The van der Waals surface area contributed by atoms with Crippen LogP contribution in [-0.2, 0) is 7.05 Å². The fraction of sp³-hybridized carbons (Fsp3) is 0.167. The van der Waals surface area contributed by atoms with Crippen molar-refractivity contribution in [1.29, 1.82) is 0 Å². The van der Waals surface area contributed by atoms with Gasteiger partial charge < -0.3 is 10.2 Å². The molecule has 5 nitrogen and oxygen atoms in total. The van der Waals surface area contributed by atoms with Gasteiger partial charge in [-0.1, -0.05) is 6.07 Å². The van der Waals surface area contributed by atoms with Crippen LogP contribution in [0.15, 0.2) is 24.3 Å². The van der Waals surface area contributed by atoms with Gasteiger partial charge in [0, 0.05) is 12.6 Å². The van der Waals surface area contributed by atoms with Gasteiger partial charge in [-0.25, -0.2) is 4.79 Å². The van der Waals surface area contributed by atoms with Gasteiger partial charge in [0.15, 0.2) is 0 Å². The molecule has 0 radical (unpaired) electrons. The Bertz CT molecular complexity index is 587. The van der Waals surface area contributed by atoms with E-state index >= 15 is 0 Å². The summed E-state index contributed by atoms with van der Waals surface area (Å²) < 4.78 is 1.27. The summed E-state index contributed by atoms with van der Waals surface area (Å²) in [5.74, 6) is -0.946. The molecule has 88 valence electrons. The maximum atomic E-state index is 10.9. The van der Waals surface area contributed by atoms with Crippen molar-refractivity contribution in [3.05, 3.63) is 35.5 Å². The Morgan fingerprint density at radius 1 is 1.35 bits per heavy atom. The molecule has 0 aliphatic heterocycles. The molecule has 0 fully saturated rings. The van der Waals surface area contributed by atoms with Crippen molar-refractivity contribution in [2.24, 2.45) is 7.05 Å². The summed E-state index contributed by atoms with van der Waals surface area (Å²) in [4.78, 5) is 10.9. The number of aromatic hydroxyl groups is 1. The van der Waals surface area contributed by atoms with E-state index in [1.54, 1.807) is 19.2 Å². The minimum Gasteiger partial charge on any atom is -0.507 e. The standard InChI is InChI=1S/C12H12N2O3/c1-7-3-4-8(11(15)5-7)9-6-10(12(16)17)14(2)13-9/h3-6,15H,1-2H3,(H,16,17). The van der Waals surface area contributed by atoms with E-state index in [2.05, 4.69) is 5.10 Å². The highest BCUT2D eigenvalue weighted by Gasteiger charge is 2.14. The number of carbonyl (C=O) groups is 1. The molecule has 0 saturated heterocycles. The molecule has 0 spiro atoms. The maximum Gasteiger partial charge on any atom is 0.354 e. The predicted octanol–water partition coefficient (Wildman–Crippen LogP) is 1.80. The van der Waals surface area contributed by atoms with Crippen LogP contribution >= 0.6 is 0 Å². The van der Waals surface area contributed by atoms with Crippen LogP contribution in [0, 0.1) is 6.92 Å². The first-order valence-electron chi connectivity index (χ1n) is 5.06. The quantitative estimate of drug-likeness (QED) is 0.827. The van der Waals surface area contributed by atoms with E-state index in [0.717, 1.165) is 5.56 Å². The van der Waals surface area contributed by atoms with Crippen LogP contribution < -0.4 is 0 Å². The summed E-state index contributed by atoms with van der Waals surface area (Å²) >= 11 is 0. The highest BCUT2D eigenvalue weighted by molar-refractivity contribution is 5.87. The summed E-state index contributed by atoms with van der Waals surface area (Å²) in [7, 11) is 1.55. The Balaban J connectivity index is 2.53. The molecule has 2 N–H and O–H groups in total. The van der Waals surface area contributed by atoms with E-state index in [1.807, 2.05) is 13.0 Å². The number of aromatic carboxylic acids is 1. The lowest BCUT2D eigenvalue weighted by atomic mass is 10.1. The molecule has 0 aliphatic carbocycles. The number of aryl methyl sites for hydroxylation is 2. The molecule has 1 heterocycles. The van der Waals surface area contributed by atoms with Crippen molar-refractivity contribution < 1.29 is 15.0 Å². The first-order valence-corrected chi connectivity index (χ1v) is 5.06. The number of carboxylic acids is 1. The molecule has 0 saturated carbocycles. The third kappa shape index (κ3) is 1.99. The smallest absolute Gasteiger partial charge is 0.354 e. The molecule has 1 aromatic carbocycles. The van der Waals surface area contributed by atoms with Gasteiger partial charge in [-0.05, 0) is 30.7 Å². The number of hydrogen-bond acceptors (Lipinski definition) is 3. The second-order valence-corrected chi connectivity index (χ2v) is 3.86. The van der Waals surface area contributed by atoms with E-state index < -0.39 is 5.97 Å². The van der Waals surface area contributed by atoms with Crippen LogP contribution in [0.5, 0.6) is 5.75 Å². The van der Waals surface area contributed by atoms with Crippen molar-refractivity contribution >= 4 is 5.97 Å². The summed E-state index contributed by atoms with van der Waals surface area (Å²) in [6, 6.07) is 6.61. The van der Waals surface area contributed by atoms with Crippen molar-refractivity contribution in [2.45, 2.75) is 6.92 Å². The van der Waals surface area contributed by atoms with Gasteiger partial charge in [0.05, 0.1) is 5.69 Å². The normalized spacial score (nSPS) is 10.5. The van der Waals surface area contributed by atoms with Crippen molar-refractivity contribution in [1.82, 2.24) is 9.78 Å². The molecule has 0 aliphatic rings. The SMILES string of the molecule is Cc1ccc(-c2cc(C(=O)O)n(C)n2)c(O)c1. The summed E-state index contributed by atoms with van der Waals surface area (Å²) in [5, 5.41) is 22.8. The van der Waals surface area contributed by atoms with Gasteiger partial charge >= 0.3 is 5.97 Å². The maximum absolute atomic E-state index is 10.9. The zero-order valence-electron chi connectivity index (χ0n) is 9.51. The summed E-state index contributed by atoms with van der Waals surface area (Å²) in [5.41, 5.74) is 1.99. The fourth-order valence-corrected chi connectivity index (χ4v) is 1.66. The highest BCUT2D eigenvalue weighted by atomic mass is 16.4. The van der Waals surface area contributed by atoms with E-state index in [0.29, 0.717) is 11.3 Å². The number of carboxylic acid groups (broad SMARTS) is 1. The van der Waals surface area contributed by atoms with Gasteiger partial charge in [-0.15, -0.1) is 0 Å². The number of phenols is 1. The fourth-order valence-electron chi connectivity index (χ4n) is 1.66. The Morgan fingerprint density at radius 2 is 2.06 bits per heavy atom. The van der Waals surface area contributed by atoms with E-state index in [1.165, 1.54) is 10.7 Å². The first-order chi connectivity index (χ1) is 7.99. The number of aromatic nitrogens is 2. The Kier molecular flexibility index (Phi) is 2.59. The number of nitrogens with zero attached hydrogens (tertiary/aromatic N) is 2. The average Bonchev–Trinajstić information content (AvgIpc) is 2.60. The second-order valence-electron chi connectivity index (χ2n) is 3.86. The first kappa shape index (κ1) is 11.2. The van der Waals surface area contributed by atoms with Crippen molar-refractivity contribution in [2.75, 3.05) is 0 Å². The lowest BCUT2D eigenvalue weighted by Crippen LogP contribution is -2.04. The average molecular weight is 232 g/mol. The predicted molar refractivity (Wildman–Crippen MR) is 62.0 cm³/mol. The molecule has 2 aromatic rings. The van der Waals surface area contributed by atoms with Gasteiger partial charge in [-0.2, -0.15) is 5.10 Å². The molecule has 0 bridgehead atoms. The molecule has 17 heavy (non-hydrogen) atoms. The van der Waals surface area contributed by atoms with E-state index in [-0.39, 0.29) is 11.4 Å². The lowest BCUT2D eigenvalue weighted by molar-refractivity contribution is 0.0685. The second kappa shape index (κ2) is 3.93. The van der Waals surface area contributed by atoms with Gasteiger partial charge in [0.2, 0.25) is 0 Å². The molecular formula is C12H12N2O3. The highest BCUT2D eigenvalue weighted by Crippen LogP contribution is 2.29. The summed E-state index contributed by atoms with van der Waals surface area (Å²) in [6.45, 7) is 1.87. The third-order valence-corrected chi connectivity index (χ3v) is 2.53. The molecule has 5 heteroatoms. The van der Waals surface area contributed by atoms with Gasteiger partial charge in [0.25, 0.3) is 0 Å². The minimum absolute atomic E-state index is 0.0833. The van der Waals surface area contributed by atoms with Crippen LogP contribution in [0.4, 0.5) is 0 Å². The van der Waals surface area contributed by atoms with Gasteiger partial charge in [-0.3, -0.25) is 4.68 Å². The topological polar surface area (TPSA) is 75.3 Å². The van der Waals surface area contributed by atoms with E-state index in [9.17, 15) is 9.90 Å². The van der Waals surface area contributed by atoms with E-state index in [4.69, 9.17) is 5.11 Å². The zero-order valence-corrected chi connectivity index (χ0v) is 9.51. The molecule has 0 atom stereocenters. The van der Waals surface area contributed by atoms with Gasteiger partial charge in [0.1, 0.15) is 11.4 Å². The van der Waals surface area contributed by atoms with Crippen LogP contribution in [0.3, 0.4) is 0 Å². The number of benzene rings is 1. The number of rotatable bonds is 2. The third-order valence-electron chi connectivity index (χ3n) is 2.53. The Hall–Kier alpha value is -2.30. The molecule has 0 unspecified atom stereocenters. The molecule has 2 rings (SSSR count). The summed E-state index contributed by atoms with van der Waals surface area (Å²) in [6.07, 6.45) is 0. The minimum atomic E-state index is -1.04. The Morgan fingerprint density at radius 3 is 2.59 bits per heavy atom. The zero-order chi connectivity index (χ0) is 12.6. The van der Waals surface area contributed by atoms with Crippen molar-refractivity contribution in [3.63, 3.8) is 0 Å². The monoisotopic (exact) mass is 232 g/mol. The molecule has 0 amide bonds. The number of hydrogen-bond donors (Lipinski definition) is 2. The van der Waals surface area contributed by atoms with Crippen LogP contribution in [0.2, 0.25) is 0 Å². The van der Waals surface area contributed by atoms with Crippen molar-refractivity contribution in [3.8, 4) is 17.0 Å². The van der Waals surface area contributed by atoms with Crippen LogP contribution in [0.1, 0.15) is 16.1 Å². The largest absolute Gasteiger partial charge is 0.507 e.